The van der Waals surface area contributed by atoms with E-state index in [1.807, 2.05) is 29.2 Å². The molecule has 1 heterocycles. The monoisotopic (exact) mass is 412 g/mol. The molecule has 0 saturated carbocycles. The summed E-state index contributed by atoms with van der Waals surface area (Å²) in [4.78, 5) is 20.5. The lowest BCUT2D eigenvalue weighted by Crippen LogP contribution is -2.38. The van der Waals surface area contributed by atoms with Crippen molar-refractivity contribution in [3.63, 3.8) is 0 Å². The van der Waals surface area contributed by atoms with Gasteiger partial charge in [-0.1, -0.05) is 50.2 Å². The third-order valence-electron chi connectivity index (χ3n) is 4.88. The number of halogens is 1. The van der Waals surface area contributed by atoms with Gasteiger partial charge in [-0.2, -0.15) is 0 Å². The fourth-order valence-electron chi connectivity index (χ4n) is 3.40. The van der Waals surface area contributed by atoms with Crippen LogP contribution in [-0.2, 0) is 16.2 Å². The molecule has 0 aliphatic carbocycles. The highest BCUT2D eigenvalue weighted by Gasteiger charge is 2.28. The molecule has 2 aromatic carbocycles. The molecule has 160 valence electrons. The molecule has 1 unspecified atom stereocenters. The number of carbonyl (C=O) groups is 1. The Morgan fingerprint density at radius 1 is 1.23 bits per heavy atom. The van der Waals surface area contributed by atoms with Gasteiger partial charge in [0.15, 0.2) is 6.10 Å². The normalized spacial score (nSPS) is 16.0. The van der Waals surface area contributed by atoms with Crippen molar-refractivity contribution in [2.75, 3.05) is 13.7 Å². The highest BCUT2D eigenvalue weighted by molar-refractivity contribution is 6.01. The molecule has 3 rings (SSSR count). The molecule has 1 aliphatic heterocycles. The molecule has 0 radical (unpaired) electrons. The van der Waals surface area contributed by atoms with Gasteiger partial charge in [0.25, 0.3) is 0 Å². The highest BCUT2D eigenvalue weighted by atomic mass is 19.1. The zero-order valence-corrected chi connectivity index (χ0v) is 18.0. The van der Waals surface area contributed by atoms with Crippen molar-refractivity contribution in [3.8, 4) is 5.75 Å². The van der Waals surface area contributed by atoms with Crippen molar-refractivity contribution in [2.45, 2.75) is 46.3 Å². The van der Waals surface area contributed by atoms with E-state index in [0.717, 1.165) is 22.6 Å². The first kappa shape index (κ1) is 21.8. The number of carbonyl (C=O) groups excluding carboxylic acids is 1. The van der Waals surface area contributed by atoms with Gasteiger partial charge in [0, 0.05) is 19.4 Å². The second-order valence-electron chi connectivity index (χ2n) is 8.84. The second-order valence-corrected chi connectivity index (χ2v) is 8.84. The van der Waals surface area contributed by atoms with Gasteiger partial charge in [-0.25, -0.2) is 4.39 Å². The molecule has 1 amide bonds. The summed E-state index contributed by atoms with van der Waals surface area (Å²) in [6.45, 7) is 7.06. The number of amides is 1. The lowest BCUT2D eigenvalue weighted by Gasteiger charge is -2.28. The fourth-order valence-corrected chi connectivity index (χ4v) is 3.40. The Labute approximate surface area is 177 Å². The van der Waals surface area contributed by atoms with Crippen LogP contribution in [0.4, 0.5) is 4.39 Å². The minimum absolute atomic E-state index is 0.0733. The SMILES string of the molecule is COc1cccc(CN(CC2CC(c3ccc(F)cc3)=NO2)C(=O)CC(C)(C)C)c1. The van der Waals surface area contributed by atoms with Crippen molar-refractivity contribution >= 4 is 11.6 Å². The van der Waals surface area contributed by atoms with E-state index in [1.54, 1.807) is 19.2 Å². The van der Waals surface area contributed by atoms with E-state index in [4.69, 9.17) is 9.57 Å². The molecule has 0 saturated heterocycles. The third kappa shape index (κ3) is 6.05. The van der Waals surface area contributed by atoms with Gasteiger partial charge < -0.3 is 14.5 Å². The van der Waals surface area contributed by atoms with Crippen molar-refractivity contribution in [1.29, 1.82) is 0 Å². The van der Waals surface area contributed by atoms with Crippen LogP contribution in [0.15, 0.2) is 53.7 Å². The number of oxime groups is 1. The maximum absolute atomic E-state index is 13.2. The molecule has 0 spiro atoms. The number of methoxy groups -OCH3 is 1. The minimum Gasteiger partial charge on any atom is -0.497 e. The van der Waals surface area contributed by atoms with Gasteiger partial charge in [-0.05, 0) is 40.8 Å². The van der Waals surface area contributed by atoms with Gasteiger partial charge in [0.2, 0.25) is 5.91 Å². The lowest BCUT2D eigenvalue weighted by molar-refractivity contribution is -0.135. The summed E-state index contributed by atoms with van der Waals surface area (Å²) in [7, 11) is 1.63. The van der Waals surface area contributed by atoms with Crippen LogP contribution in [0.1, 0.15) is 44.7 Å². The van der Waals surface area contributed by atoms with Gasteiger partial charge in [-0.3, -0.25) is 4.79 Å². The Bertz CT molecular complexity index is 903. The van der Waals surface area contributed by atoms with E-state index >= 15 is 0 Å². The molecular formula is C24H29FN2O3. The van der Waals surface area contributed by atoms with Gasteiger partial charge in [-0.15, -0.1) is 0 Å². The van der Waals surface area contributed by atoms with E-state index in [0.29, 0.717) is 25.9 Å². The Balaban J connectivity index is 1.70. The number of benzene rings is 2. The van der Waals surface area contributed by atoms with E-state index in [9.17, 15) is 9.18 Å². The summed E-state index contributed by atoms with van der Waals surface area (Å²) in [5.41, 5.74) is 2.48. The van der Waals surface area contributed by atoms with Crippen molar-refractivity contribution < 1.29 is 18.8 Å². The Hall–Kier alpha value is -2.89. The molecule has 5 nitrogen and oxygen atoms in total. The number of hydrogen-bond donors (Lipinski definition) is 0. The molecule has 6 heteroatoms. The first-order valence-electron chi connectivity index (χ1n) is 10.1. The largest absolute Gasteiger partial charge is 0.497 e. The van der Waals surface area contributed by atoms with Crippen LogP contribution >= 0.6 is 0 Å². The molecule has 2 aromatic rings. The third-order valence-corrected chi connectivity index (χ3v) is 4.88. The molecule has 1 atom stereocenters. The average Bonchev–Trinajstić information content (AvgIpc) is 3.15. The summed E-state index contributed by atoms with van der Waals surface area (Å²) in [6, 6.07) is 13.9. The highest BCUT2D eigenvalue weighted by Crippen LogP contribution is 2.24. The van der Waals surface area contributed by atoms with Crippen LogP contribution in [0, 0.1) is 11.2 Å². The molecule has 0 N–H and O–H groups in total. The molecular weight excluding hydrogens is 383 g/mol. The zero-order chi connectivity index (χ0) is 21.7. The van der Waals surface area contributed by atoms with Gasteiger partial charge in [0.05, 0.1) is 19.4 Å². The van der Waals surface area contributed by atoms with Crippen LogP contribution in [0.25, 0.3) is 0 Å². The second kappa shape index (κ2) is 9.28. The zero-order valence-electron chi connectivity index (χ0n) is 18.0. The smallest absolute Gasteiger partial charge is 0.223 e. The van der Waals surface area contributed by atoms with Crippen LogP contribution in [0.3, 0.4) is 0 Å². The quantitative estimate of drug-likeness (QED) is 0.657. The van der Waals surface area contributed by atoms with Crippen LogP contribution in [0.2, 0.25) is 0 Å². The van der Waals surface area contributed by atoms with Crippen LogP contribution in [-0.4, -0.2) is 36.3 Å². The summed E-state index contributed by atoms with van der Waals surface area (Å²) in [5.74, 6) is 0.547. The number of rotatable bonds is 7. The fraction of sp³-hybridized carbons (Fsp3) is 0.417. The first-order chi connectivity index (χ1) is 14.2. The maximum atomic E-state index is 13.2. The van der Waals surface area contributed by atoms with Crippen molar-refractivity contribution in [2.24, 2.45) is 10.6 Å². The van der Waals surface area contributed by atoms with E-state index in [-0.39, 0.29) is 23.2 Å². The Morgan fingerprint density at radius 2 is 1.97 bits per heavy atom. The predicted molar refractivity (Wildman–Crippen MR) is 115 cm³/mol. The molecule has 0 fully saturated rings. The van der Waals surface area contributed by atoms with Gasteiger partial charge in [0.1, 0.15) is 11.6 Å². The minimum atomic E-state index is -0.285. The molecule has 30 heavy (non-hydrogen) atoms. The molecule has 0 aromatic heterocycles. The Kier molecular flexibility index (Phi) is 6.75. The van der Waals surface area contributed by atoms with Gasteiger partial charge >= 0.3 is 0 Å². The lowest BCUT2D eigenvalue weighted by atomic mass is 9.91. The van der Waals surface area contributed by atoms with Crippen molar-refractivity contribution in [1.82, 2.24) is 4.90 Å². The van der Waals surface area contributed by atoms with Crippen LogP contribution in [0.5, 0.6) is 5.75 Å². The predicted octanol–water partition coefficient (Wildman–Crippen LogP) is 4.79. The topological polar surface area (TPSA) is 51.1 Å². The molecule has 1 aliphatic rings. The number of hydrogen-bond acceptors (Lipinski definition) is 4. The summed E-state index contributed by atoms with van der Waals surface area (Å²) in [6.07, 6.45) is 0.776. The summed E-state index contributed by atoms with van der Waals surface area (Å²) >= 11 is 0. The molecule has 0 bridgehead atoms. The van der Waals surface area contributed by atoms with Crippen molar-refractivity contribution in [3.05, 3.63) is 65.5 Å². The average molecular weight is 413 g/mol. The maximum Gasteiger partial charge on any atom is 0.223 e. The van der Waals surface area contributed by atoms with E-state index in [1.165, 1.54) is 12.1 Å². The van der Waals surface area contributed by atoms with E-state index in [2.05, 4.69) is 25.9 Å². The van der Waals surface area contributed by atoms with E-state index < -0.39 is 0 Å². The summed E-state index contributed by atoms with van der Waals surface area (Å²) < 4.78 is 18.5. The summed E-state index contributed by atoms with van der Waals surface area (Å²) in [5, 5.41) is 4.17. The Morgan fingerprint density at radius 3 is 2.63 bits per heavy atom. The first-order valence-corrected chi connectivity index (χ1v) is 10.1. The van der Waals surface area contributed by atoms with Crippen LogP contribution < -0.4 is 4.74 Å². The standard InChI is InChI=1S/C24H29FN2O3/c1-24(2,3)14-23(28)27(15-17-6-5-7-20(12-17)29-4)16-21-13-22(26-30-21)18-8-10-19(25)11-9-18/h5-12,21H,13-16H2,1-4H3. The number of nitrogens with zero attached hydrogens (tertiary/aromatic N) is 2. The number of ether oxygens (including phenoxy) is 1.